The largest absolute Gasteiger partial charge is 0.496 e. The van der Waals surface area contributed by atoms with Crippen molar-refractivity contribution in [2.45, 2.75) is 6.92 Å². The summed E-state index contributed by atoms with van der Waals surface area (Å²) < 4.78 is 45.3. The Morgan fingerprint density at radius 2 is 2.20 bits per heavy atom. The minimum atomic E-state index is -2.77. The number of ether oxygens (including phenoxy) is 2. The van der Waals surface area contributed by atoms with E-state index in [9.17, 15) is 9.18 Å². The Hall–Kier alpha value is -2.50. The first-order chi connectivity index (χ1) is 10.7. The van der Waals surface area contributed by atoms with Gasteiger partial charge in [-0.15, -0.1) is 0 Å². The van der Waals surface area contributed by atoms with Gasteiger partial charge in [-0.1, -0.05) is 6.07 Å². The van der Waals surface area contributed by atoms with Crippen molar-refractivity contribution < 1.29 is 22.8 Å². The van der Waals surface area contributed by atoms with Crippen LogP contribution in [0.4, 0.5) is 4.39 Å². The monoisotopic (exact) mass is 279 g/mol. The number of carbonyl (C=O) groups is 1. The highest BCUT2D eigenvalue weighted by molar-refractivity contribution is 5.87. The number of aromatic nitrogens is 2. The molecule has 1 aromatic heterocycles. The number of halogens is 1. The Bertz CT molecular complexity index is 751. The lowest BCUT2D eigenvalue weighted by Gasteiger charge is -2.10. The minimum absolute atomic E-state index is 0.0850. The van der Waals surface area contributed by atoms with Gasteiger partial charge in [-0.2, -0.15) is 0 Å². The maximum Gasteiger partial charge on any atom is 0.356 e. The zero-order valence-electron chi connectivity index (χ0n) is 13.8. The molecular weight excluding hydrogens is 263 g/mol. The van der Waals surface area contributed by atoms with Gasteiger partial charge in [0.25, 0.3) is 0 Å². The normalized spacial score (nSPS) is 13.1. The Morgan fingerprint density at radius 1 is 1.40 bits per heavy atom. The average Bonchev–Trinajstić information content (AvgIpc) is 2.49. The van der Waals surface area contributed by atoms with E-state index in [0.717, 1.165) is 0 Å². The number of benzene rings is 1. The molecule has 0 radical (unpaired) electrons. The highest BCUT2D eigenvalue weighted by Gasteiger charge is 2.18. The van der Waals surface area contributed by atoms with E-state index in [1.165, 1.54) is 38.4 Å². The molecule has 0 fully saturated rings. The van der Waals surface area contributed by atoms with Crippen LogP contribution in [-0.4, -0.2) is 30.1 Å². The van der Waals surface area contributed by atoms with Crippen LogP contribution in [0.3, 0.4) is 0 Å². The fraction of sp³-hybridized carbons (Fsp3) is 0.214. The first-order valence-electron chi connectivity index (χ1n) is 7.13. The Labute approximate surface area is 119 Å². The van der Waals surface area contributed by atoms with E-state index in [-0.39, 0.29) is 28.4 Å². The van der Waals surface area contributed by atoms with E-state index in [4.69, 9.17) is 8.85 Å². The topological polar surface area (TPSA) is 61.3 Å². The van der Waals surface area contributed by atoms with Gasteiger partial charge in [0.1, 0.15) is 11.6 Å². The first-order valence-corrected chi connectivity index (χ1v) is 5.63. The summed E-state index contributed by atoms with van der Waals surface area (Å²) in [5.41, 5.74) is -0.0601. The molecule has 0 unspecified atom stereocenters. The quantitative estimate of drug-likeness (QED) is 0.807. The van der Waals surface area contributed by atoms with Gasteiger partial charge in [0, 0.05) is 6.20 Å². The standard InChI is InChI=1S/C14H13FN2O3/c1-8-4-5-10(19-2)11(12(8)15)13-16-7-6-9(17-13)14(18)20-3/h4-7H,1-3H3/i2D3. The van der Waals surface area contributed by atoms with Crippen LogP contribution in [0.1, 0.15) is 20.2 Å². The van der Waals surface area contributed by atoms with Gasteiger partial charge in [-0.25, -0.2) is 19.2 Å². The number of nitrogens with zero attached hydrogens (tertiary/aromatic N) is 2. The van der Waals surface area contributed by atoms with Crippen molar-refractivity contribution in [1.82, 2.24) is 9.97 Å². The molecule has 0 N–H and O–H groups in total. The van der Waals surface area contributed by atoms with Gasteiger partial charge >= 0.3 is 5.97 Å². The second-order valence-corrected chi connectivity index (χ2v) is 3.93. The molecular formula is C14H13FN2O3. The van der Waals surface area contributed by atoms with E-state index < -0.39 is 18.8 Å². The van der Waals surface area contributed by atoms with Crippen molar-refractivity contribution in [3.05, 3.63) is 41.5 Å². The average molecular weight is 279 g/mol. The Balaban J connectivity index is 2.62. The third kappa shape index (κ3) is 2.45. The lowest BCUT2D eigenvalue weighted by atomic mass is 10.1. The van der Waals surface area contributed by atoms with E-state index >= 15 is 0 Å². The predicted octanol–water partition coefficient (Wildman–Crippen LogP) is 2.39. The highest BCUT2D eigenvalue weighted by Crippen LogP contribution is 2.31. The van der Waals surface area contributed by atoms with Crippen molar-refractivity contribution in [2.24, 2.45) is 0 Å². The summed E-state index contributed by atoms with van der Waals surface area (Å²) in [5.74, 6) is -1.86. The molecule has 0 aliphatic rings. The molecule has 6 heteroatoms. The summed E-state index contributed by atoms with van der Waals surface area (Å²) in [7, 11) is -1.59. The molecule has 0 saturated carbocycles. The highest BCUT2D eigenvalue weighted by atomic mass is 19.1. The number of rotatable bonds is 3. The van der Waals surface area contributed by atoms with Gasteiger partial charge in [0.05, 0.1) is 23.8 Å². The van der Waals surface area contributed by atoms with Gasteiger partial charge in [-0.3, -0.25) is 0 Å². The second kappa shape index (κ2) is 5.64. The smallest absolute Gasteiger partial charge is 0.356 e. The van der Waals surface area contributed by atoms with Crippen LogP contribution in [0.25, 0.3) is 11.4 Å². The van der Waals surface area contributed by atoms with Crippen molar-refractivity contribution in [1.29, 1.82) is 0 Å². The number of aryl methyl sites for hydroxylation is 1. The van der Waals surface area contributed by atoms with Crippen molar-refractivity contribution in [3.8, 4) is 17.1 Å². The predicted molar refractivity (Wildman–Crippen MR) is 70.1 cm³/mol. The molecule has 104 valence electrons. The van der Waals surface area contributed by atoms with Crippen molar-refractivity contribution >= 4 is 5.97 Å². The Morgan fingerprint density at radius 3 is 2.90 bits per heavy atom. The Kier molecular flexibility index (Phi) is 2.91. The zero-order chi connectivity index (χ0) is 17.2. The molecule has 0 aliphatic heterocycles. The van der Waals surface area contributed by atoms with Crippen LogP contribution in [0.2, 0.25) is 0 Å². The summed E-state index contributed by atoms with van der Waals surface area (Å²) in [6, 6.07) is 3.99. The van der Waals surface area contributed by atoms with Gasteiger partial charge in [-0.05, 0) is 24.6 Å². The molecule has 2 rings (SSSR count). The number of esters is 1. The summed E-state index contributed by atoms with van der Waals surface area (Å²) in [4.78, 5) is 19.3. The summed E-state index contributed by atoms with van der Waals surface area (Å²) in [5, 5.41) is 0. The summed E-state index contributed by atoms with van der Waals surface area (Å²) >= 11 is 0. The van der Waals surface area contributed by atoms with Crippen molar-refractivity contribution in [3.63, 3.8) is 0 Å². The lowest BCUT2D eigenvalue weighted by Crippen LogP contribution is -2.07. The van der Waals surface area contributed by atoms with Gasteiger partial charge < -0.3 is 9.47 Å². The number of hydrogen-bond donors (Lipinski definition) is 0. The fourth-order valence-corrected chi connectivity index (χ4v) is 1.65. The molecule has 1 aromatic carbocycles. The summed E-state index contributed by atoms with van der Waals surface area (Å²) in [6.45, 7) is 1.50. The maximum absolute atomic E-state index is 14.5. The van der Waals surface area contributed by atoms with Gasteiger partial charge in [0.2, 0.25) is 0 Å². The van der Waals surface area contributed by atoms with Crippen LogP contribution in [0.5, 0.6) is 5.75 Å². The van der Waals surface area contributed by atoms with E-state index in [1.807, 2.05) is 0 Å². The van der Waals surface area contributed by atoms with E-state index in [0.29, 0.717) is 0 Å². The molecule has 0 amide bonds. The first kappa shape index (κ1) is 10.3. The molecule has 20 heavy (non-hydrogen) atoms. The van der Waals surface area contributed by atoms with Crippen LogP contribution >= 0.6 is 0 Å². The van der Waals surface area contributed by atoms with Crippen LogP contribution in [0.15, 0.2) is 24.4 Å². The van der Waals surface area contributed by atoms with Gasteiger partial charge in [0.15, 0.2) is 11.5 Å². The third-order valence-corrected chi connectivity index (χ3v) is 2.68. The van der Waals surface area contributed by atoms with E-state index in [2.05, 4.69) is 14.7 Å². The van der Waals surface area contributed by atoms with Crippen LogP contribution in [-0.2, 0) is 4.74 Å². The number of methoxy groups -OCH3 is 2. The maximum atomic E-state index is 14.5. The summed E-state index contributed by atoms with van der Waals surface area (Å²) in [6.07, 6.45) is 1.25. The fourth-order valence-electron chi connectivity index (χ4n) is 1.65. The SMILES string of the molecule is [2H]C([2H])([2H])Oc1ccc(C)c(F)c1-c1nccc(C(=O)OC)n1. The van der Waals surface area contributed by atoms with Crippen molar-refractivity contribution in [2.75, 3.05) is 14.1 Å². The minimum Gasteiger partial charge on any atom is -0.496 e. The molecule has 0 aliphatic carbocycles. The number of hydrogen-bond acceptors (Lipinski definition) is 5. The number of carbonyl (C=O) groups excluding carboxylic acids is 1. The third-order valence-electron chi connectivity index (χ3n) is 2.68. The molecule has 0 spiro atoms. The second-order valence-electron chi connectivity index (χ2n) is 3.93. The molecule has 0 bridgehead atoms. The zero-order valence-corrected chi connectivity index (χ0v) is 10.8. The molecule has 5 nitrogen and oxygen atoms in total. The van der Waals surface area contributed by atoms with E-state index in [1.54, 1.807) is 0 Å². The molecule has 1 heterocycles. The molecule has 2 aromatic rings. The lowest BCUT2D eigenvalue weighted by molar-refractivity contribution is 0.0594. The van der Waals surface area contributed by atoms with Crippen LogP contribution in [0, 0.1) is 12.7 Å². The molecule has 0 saturated heterocycles. The molecule has 0 atom stereocenters. The van der Waals surface area contributed by atoms with Crippen LogP contribution < -0.4 is 4.74 Å².